The number of rotatable bonds is 4. The van der Waals surface area contributed by atoms with Crippen molar-refractivity contribution in [1.29, 1.82) is 0 Å². The summed E-state index contributed by atoms with van der Waals surface area (Å²) in [6.45, 7) is 4.20. The van der Waals surface area contributed by atoms with Crippen LogP contribution in [0.4, 0.5) is 0 Å². The minimum absolute atomic E-state index is 0.0847. The molecule has 0 saturated heterocycles. The number of aromatic carboxylic acids is 1. The van der Waals surface area contributed by atoms with E-state index in [0.717, 1.165) is 24.1 Å². The molecule has 0 amide bonds. The Morgan fingerprint density at radius 1 is 1.26 bits per heavy atom. The molecule has 0 fully saturated rings. The Morgan fingerprint density at radius 3 is 2.53 bits per heavy atom. The van der Waals surface area contributed by atoms with E-state index in [-0.39, 0.29) is 5.69 Å². The molecule has 0 unspecified atom stereocenters. The number of aromatic nitrogens is 2. The lowest BCUT2D eigenvalue weighted by molar-refractivity contribution is 0.0689. The van der Waals surface area contributed by atoms with Crippen LogP contribution in [0.25, 0.3) is 11.3 Å². The Bertz CT molecular complexity index is 615. The second kappa shape index (κ2) is 5.26. The lowest BCUT2D eigenvalue weighted by Gasteiger charge is -2.10. The summed E-state index contributed by atoms with van der Waals surface area (Å²) in [4.78, 5) is 11.0. The van der Waals surface area contributed by atoms with Gasteiger partial charge in [0, 0.05) is 12.6 Å². The third kappa shape index (κ3) is 2.52. The molecule has 1 N–H and O–H groups in total. The molecular formula is C15H18N2O2. The number of carboxylic acids is 1. The molecule has 4 heteroatoms. The van der Waals surface area contributed by atoms with Crippen molar-refractivity contribution in [3.05, 3.63) is 41.1 Å². The van der Waals surface area contributed by atoms with Crippen molar-refractivity contribution >= 4 is 5.97 Å². The summed E-state index contributed by atoms with van der Waals surface area (Å²) in [5, 5.41) is 13.1. The molecular weight excluding hydrogens is 240 g/mol. The van der Waals surface area contributed by atoms with Crippen molar-refractivity contribution in [3.8, 4) is 11.3 Å². The van der Waals surface area contributed by atoms with Crippen LogP contribution in [0.1, 0.15) is 35.5 Å². The molecule has 0 bridgehead atoms. The molecule has 0 radical (unpaired) electrons. The van der Waals surface area contributed by atoms with Crippen molar-refractivity contribution in [1.82, 2.24) is 9.78 Å². The Hall–Kier alpha value is -2.10. The molecule has 1 aromatic carbocycles. The van der Waals surface area contributed by atoms with Crippen LogP contribution in [0.15, 0.2) is 24.3 Å². The molecule has 0 aliphatic rings. The first-order valence-corrected chi connectivity index (χ1v) is 6.46. The van der Waals surface area contributed by atoms with Crippen LogP contribution in [0.2, 0.25) is 0 Å². The van der Waals surface area contributed by atoms with Gasteiger partial charge >= 0.3 is 5.97 Å². The number of carboxylic acid groups (broad SMARTS) is 1. The van der Waals surface area contributed by atoms with E-state index in [1.54, 1.807) is 17.8 Å². The molecule has 0 aliphatic carbocycles. The summed E-state index contributed by atoms with van der Waals surface area (Å²) in [7, 11) is 1.78. The standard InChI is InChI=1S/C15H18N2O2/c1-4-10-6-7-11(5-2)12(8-10)14-9-13(15(18)19)16-17(14)3/h6-9H,4-5H2,1-3H3,(H,18,19). The van der Waals surface area contributed by atoms with Gasteiger partial charge in [-0.2, -0.15) is 5.10 Å². The first kappa shape index (κ1) is 13.3. The molecule has 1 aromatic heterocycles. The van der Waals surface area contributed by atoms with E-state index in [2.05, 4.69) is 37.1 Å². The lowest BCUT2D eigenvalue weighted by Crippen LogP contribution is -2.00. The number of hydrogen-bond acceptors (Lipinski definition) is 2. The molecule has 0 spiro atoms. The van der Waals surface area contributed by atoms with Crippen molar-refractivity contribution in [3.63, 3.8) is 0 Å². The number of carbonyl (C=O) groups is 1. The minimum atomic E-state index is -0.994. The fraction of sp³-hybridized carbons (Fsp3) is 0.333. The van der Waals surface area contributed by atoms with E-state index in [1.165, 1.54) is 11.1 Å². The molecule has 2 aromatic rings. The normalized spacial score (nSPS) is 10.7. The van der Waals surface area contributed by atoms with Crippen LogP contribution in [-0.2, 0) is 19.9 Å². The van der Waals surface area contributed by atoms with E-state index in [9.17, 15) is 4.79 Å². The minimum Gasteiger partial charge on any atom is -0.476 e. The SMILES string of the molecule is CCc1ccc(CC)c(-c2cc(C(=O)O)nn2C)c1. The average Bonchev–Trinajstić information content (AvgIpc) is 2.80. The molecule has 0 aliphatic heterocycles. The fourth-order valence-corrected chi connectivity index (χ4v) is 2.21. The van der Waals surface area contributed by atoms with E-state index >= 15 is 0 Å². The van der Waals surface area contributed by atoms with E-state index in [0.29, 0.717) is 0 Å². The third-order valence-corrected chi connectivity index (χ3v) is 3.34. The maximum absolute atomic E-state index is 11.0. The largest absolute Gasteiger partial charge is 0.476 e. The van der Waals surface area contributed by atoms with Crippen LogP contribution < -0.4 is 0 Å². The zero-order chi connectivity index (χ0) is 14.0. The summed E-state index contributed by atoms with van der Waals surface area (Å²) in [6, 6.07) is 8.00. The molecule has 0 saturated carbocycles. The van der Waals surface area contributed by atoms with Crippen LogP contribution >= 0.6 is 0 Å². The monoisotopic (exact) mass is 258 g/mol. The first-order chi connectivity index (χ1) is 9.06. The summed E-state index contributed by atoms with van der Waals surface area (Å²) in [5.41, 5.74) is 4.46. The zero-order valence-corrected chi connectivity index (χ0v) is 11.5. The Labute approximate surface area is 112 Å². The topological polar surface area (TPSA) is 55.1 Å². The molecule has 100 valence electrons. The lowest BCUT2D eigenvalue weighted by atomic mass is 9.98. The average molecular weight is 258 g/mol. The fourth-order valence-electron chi connectivity index (χ4n) is 2.21. The van der Waals surface area contributed by atoms with Crippen LogP contribution in [0.3, 0.4) is 0 Å². The highest BCUT2D eigenvalue weighted by Crippen LogP contribution is 2.26. The highest BCUT2D eigenvalue weighted by molar-refractivity contribution is 5.87. The summed E-state index contributed by atoms with van der Waals surface area (Å²) < 4.78 is 1.64. The highest BCUT2D eigenvalue weighted by Gasteiger charge is 2.14. The van der Waals surface area contributed by atoms with Gasteiger partial charge in [0.05, 0.1) is 5.69 Å². The molecule has 19 heavy (non-hydrogen) atoms. The van der Waals surface area contributed by atoms with Gasteiger partial charge in [0.25, 0.3) is 0 Å². The van der Waals surface area contributed by atoms with E-state index in [1.807, 2.05) is 0 Å². The van der Waals surface area contributed by atoms with Gasteiger partial charge in [-0.15, -0.1) is 0 Å². The quantitative estimate of drug-likeness (QED) is 0.917. The number of benzene rings is 1. The van der Waals surface area contributed by atoms with Crippen molar-refractivity contribution < 1.29 is 9.90 Å². The zero-order valence-electron chi connectivity index (χ0n) is 11.5. The first-order valence-electron chi connectivity index (χ1n) is 6.46. The predicted molar refractivity (Wildman–Crippen MR) is 74.4 cm³/mol. The Balaban J connectivity index is 2.59. The Morgan fingerprint density at radius 2 is 2.00 bits per heavy atom. The highest BCUT2D eigenvalue weighted by atomic mass is 16.4. The third-order valence-electron chi connectivity index (χ3n) is 3.34. The smallest absolute Gasteiger partial charge is 0.356 e. The molecule has 2 rings (SSSR count). The number of nitrogens with zero attached hydrogens (tertiary/aromatic N) is 2. The van der Waals surface area contributed by atoms with Crippen LogP contribution in [0, 0.1) is 0 Å². The second-order valence-corrected chi connectivity index (χ2v) is 4.54. The van der Waals surface area contributed by atoms with Crippen molar-refractivity contribution in [2.24, 2.45) is 7.05 Å². The Kier molecular flexibility index (Phi) is 3.69. The van der Waals surface area contributed by atoms with Gasteiger partial charge < -0.3 is 5.11 Å². The van der Waals surface area contributed by atoms with Crippen LogP contribution in [-0.4, -0.2) is 20.9 Å². The maximum atomic E-state index is 11.0. The van der Waals surface area contributed by atoms with Gasteiger partial charge in [0.1, 0.15) is 0 Å². The number of aryl methyl sites for hydroxylation is 3. The van der Waals surface area contributed by atoms with Crippen LogP contribution in [0.5, 0.6) is 0 Å². The molecule has 0 atom stereocenters. The summed E-state index contributed by atoms with van der Waals surface area (Å²) in [6.07, 6.45) is 1.87. The van der Waals surface area contributed by atoms with Gasteiger partial charge in [0.2, 0.25) is 0 Å². The van der Waals surface area contributed by atoms with Crippen molar-refractivity contribution in [2.75, 3.05) is 0 Å². The predicted octanol–water partition coefficient (Wildman–Crippen LogP) is 2.91. The maximum Gasteiger partial charge on any atom is 0.356 e. The van der Waals surface area contributed by atoms with Gasteiger partial charge in [-0.05, 0) is 36.1 Å². The van der Waals surface area contributed by atoms with Crippen molar-refractivity contribution in [2.45, 2.75) is 26.7 Å². The van der Waals surface area contributed by atoms with Gasteiger partial charge in [-0.3, -0.25) is 4.68 Å². The number of hydrogen-bond donors (Lipinski definition) is 1. The molecule has 1 heterocycles. The van der Waals surface area contributed by atoms with Gasteiger partial charge in [0.15, 0.2) is 5.69 Å². The second-order valence-electron chi connectivity index (χ2n) is 4.54. The molecule has 4 nitrogen and oxygen atoms in total. The van der Waals surface area contributed by atoms with E-state index in [4.69, 9.17) is 5.11 Å². The van der Waals surface area contributed by atoms with Gasteiger partial charge in [-0.1, -0.05) is 26.0 Å². The summed E-state index contributed by atoms with van der Waals surface area (Å²) >= 11 is 0. The van der Waals surface area contributed by atoms with E-state index < -0.39 is 5.97 Å². The van der Waals surface area contributed by atoms with Gasteiger partial charge in [-0.25, -0.2) is 4.79 Å². The summed E-state index contributed by atoms with van der Waals surface area (Å²) in [5.74, 6) is -0.994.